The Labute approximate surface area is 94.2 Å². The summed E-state index contributed by atoms with van der Waals surface area (Å²) in [7, 11) is 0. The first-order valence-corrected chi connectivity index (χ1v) is 5.25. The number of rotatable bonds is 2. The fourth-order valence-corrected chi connectivity index (χ4v) is 1.49. The van der Waals surface area contributed by atoms with Crippen molar-refractivity contribution in [2.24, 2.45) is 0 Å². The lowest BCUT2D eigenvalue weighted by Crippen LogP contribution is -2.18. The first-order chi connectivity index (χ1) is 7.69. The molecule has 0 atom stereocenters. The summed E-state index contributed by atoms with van der Waals surface area (Å²) in [6.45, 7) is 6.36. The molecule has 4 heteroatoms. The van der Waals surface area contributed by atoms with Gasteiger partial charge in [-0.2, -0.15) is 0 Å². The van der Waals surface area contributed by atoms with E-state index in [2.05, 4.69) is 6.58 Å². The van der Waals surface area contributed by atoms with E-state index in [9.17, 15) is 4.79 Å². The van der Waals surface area contributed by atoms with E-state index >= 15 is 0 Å². The van der Waals surface area contributed by atoms with Crippen LogP contribution >= 0.6 is 0 Å². The van der Waals surface area contributed by atoms with Crippen molar-refractivity contribution in [2.45, 2.75) is 19.8 Å². The van der Waals surface area contributed by atoms with Crippen molar-refractivity contribution in [3.8, 4) is 0 Å². The Balaban J connectivity index is 2.09. The highest BCUT2D eigenvalue weighted by molar-refractivity contribution is 5.70. The molecule has 2 aliphatic heterocycles. The highest BCUT2D eigenvalue weighted by atomic mass is 16.6. The van der Waals surface area contributed by atoms with Gasteiger partial charge in [-0.15, -0.1) is 0 Å². The van der Waals surface area contributed by atoms with Gasteiger partial charge in [0.15, 0.2) is 5.76 Å². The van der Waals surface area contributed by atoms with Gasteiger partial charge in [0.05, 0.1) is 0 Å². The number of allylic oxidation sites excluding steroid dienone is 2. The van der Waals surface area contributed by atoms with E-state index in [1.54, 1.807) is 13.0 Å². The fraction of sp³-hybridized carbons (Fsp3) is 0.417. The normalized spacial score (nSPS) is 19.3. The lowest BCUT2D eigenvalue weighted by Gasteiger charge is -2.25. The monoisotopic (exact) mass is 222 g/mol. The Morgan fingerprint density at radius 2 is 2.31 bits per heavy atom. The van der Waals surface area contributed by atoms with E-state index in [1.807, 2.05) is 0 Å². The summed E-state index contributed by atoms with van der Waals surface area (Å²) in [5, 5.41) is 0. The number of esters is 1. The second-order valence-corrected chi connectivity index (χ2v) is 3.73. The molecule has 0 aliphatic carbocycles. The van der Waals surface area contributed by atoms with E-state index in [4.69, 9.17) is 14.2 Å². The molecule has 0 aromatic rings. The SMILES string of the molecule is C=C1COC2=C(C1)OCC(OC(=O)CC)=C2. The minimum absolute atomic E-state index is 0.265. The molecule has 0 N–H and O–H groups in total. The fourth-order valence-electron chi connectivity index (χ4n) is 1.49. The zero-order valence-electron chi connectivity index (χ0n) is 9.25. The average molecular weight is 222 g/mol. The van der Waals surface area contributed by atoms with Crippen LogP contribution in [0.1, 0.15) is 19.8 Å². The Hall–Kier alpha value is -1.71. The third-order valence-electron chi connectivity index (χ3n) is 2.33. The molecule has 0 saturated heterocycles. The highest BCUT2D eigenvalue weighted by Crippen LogP contribution is 2.28. The maximum atomic E-state index is 11.1. The van der Waals surface area contributed by atoms with Crippen LogP contribution in [0.5, 0.6) is 0 Å². The van der Waals surface area contributed by atoms with Gasteiger partial charge in [-0.05, 0) is 5.57 Å². The van der Waals surface area contributed by atoms with Gasteiger partial charge in [0.25, 0.3) is 0 Å². The third-order valence-corrected chi connectivity index (χ3v) is 2.33. The van der Waals surface area contributed by atoms with Crippen LogP contribution in [-0.4, -0.2) is 19.2 Å². The van der Waals surface area contributed by atoms with Crippen LogP contribution in [0.15, 0.2) is 35.5 Å². The Kier molecular flexibility index (Phi) is 2.99. The summed E-state index contributed by atoms with van der Waals surface area (Å²) in [5.41, 5.74) is 0.987. The van der Waals surface area contributed by atoms with Gasteiger partial charge in [-0.3, -0.25) is 4.79 Å². The molecule has 0 aromatic heterocycles. The topological polar surface area (TPSA) is 44.8 Å². The van der Waals surface area contributed by atoms with Gasteiger partial charge in [0.2, 0.25) is 0 Å². The number of hydrogen-bond donors (Lipinski definition) is 0. The average Bonchev–Trinajstić information content (AvgIpc) is 2.29. The molecule has 2 aliphatic rings. The van der Waals surface area contributed by atoms with E-state index in [0.717, 1.165) is 11.3 Å². The van der Waals surface area contributed by atoms with E-state index in [1.165, 1.54) is 0 Å². The summed E-state index contributed by atoms with van der Waals surface area (Å²) in [6.07, 6.45) is 2.76. The molecule has 2 rings (SSSR count). The van der Waals surface area contributed by atoms with Gasteiger partial charge in [0, 0.05) is 18.9 Å². The second kappa shape index (κ2) is 4.43. The summed E-state index contributed by atoms with van der Waals surface area (Å²) >= 11 is 0. The van der Waals surface area contributed by atoms with Crippen LogP contribution in [-0.2, 0) is 19.0 Å². The molecule has 0 bridgehead atoms. The van der Waals surface area contributed by atoms with E-state index in [0.29, 0.717) is 31.0 Å². The molecular formula is C12H14O4. The molecular weight excluding hydrogens is 208 g/mol. The predicted molar refractivity (Wildman–Crippen MR) is 57.2 cm³/mol. The first-order valence-electron chi connectivity index (χ1n) is 5.25. The Bertz CT molecular complexity index is 390. The molecule has 2 heterocycles. The maximum absolute atomic E-state index is 11.1. The molecule has 0 amide bonds. The lowest BCUT2D eigenvalue weighted by atomic mass is 10.1. The molecule has 0 aromatic carbocycles. The third kappa shape index (κ3) is 2.27. The second-order valence-electron chi connectivity index (χ2n) is 3.73. The van der Waals surface area contributed by atoms with Crippen molar-refractivity contribution in [3.05, 3.63) is 35.5 Å². The zero-order chi connectivity index (χ0) is 11.5. The van der Waals surface area contributed by atoms with Crippen LogP contribution in [0.4, 0.5) is 0 Å². The van der Waals surface area contributed by atoms with Crippen molar-refractivity contribution in [1.82, 2.24) is 0 Å². The first kappa shape index (κ1) is 10.8. The van der Waals surface area contributed by atoms with Crippen molar-refractivity contribution < 1.29 is 19.0 Å². The molecule has 0 radical (unpaired) electrons. The molecule has 86 valence electrons. The molecule has 0 fully saturated rings. The molecule has 0 unspecified atom stereocenters. The number of carbonyl (C=O) groups excluding carboxylic acids is 1. The summed E-state index contributed by atoms with van der Waals surface area (Å²) in [4.78, 5) is 11.1. The maximum Gasteiger partial charge on any atom is 0.310 e. The van der Waals surface area contributed by atoms with Crippen LogP contribution in [0.25, 0.3) is 0 Å². The van der Waals surface area contributed by atoms with Gasteiger partial charge < -0.3 is 14.2 Å². The molecule has 0 spiro atoms. The van der Waals surface area contributed by atoms with Crippen LogP contribution in [0.2, 0.25) is 0 Å². The van der Waals surface area contributed by atoms with Gasteiger partial charge >= 0.3 is 5.97 Å². The molecule has 4 nitrogen and oxygen atoms in total. The summed E-state index contributed by atoms with van der Waals surface area (Å²) in [5.74, 6) is 1.65. The summed E-state index contributed by atoms with van der Waals surface area (Å²) in [6, 6.07) is 0. The van der Waals surface area contributed by atoms with E-state index in [-0.39, 0.29) is 12.6 Å². The lowest BCUT2D eigenvalue weighted by molar-refractivity contribution is -0.140. The van der Waals surface area contributed by atoms with Crippen LogP contribution in [0, 0.1) is 0 Å². The minimum Gasteiger partial charge on any atom is -0.486 e. The number of hydrogen-bond acceptors (Lipinski definition) is 4. The smallest absolute Gasteiger partial charge is 0.310 e. The summed E-state index contributed by atoms with van der Waals surface area (Å²) < 4.78 is 16.0. The number of carbonyl (C=O) groups is 1. The van der Waals surface area contributed by atoms with Gasteiger partial charge in [-0.1, -0.05) is 13.5 Å². The molecule has 0 saturated carbocycles. The predicted octanol–water partition coefficient (Wildman–Crippen LogP) is 2.04. The van der Waals surface area contributed by atoms with Crippen LogP contribution in [0.3, 0.4) is 0 Å². The van der Waals surface area contributed by atoms with Gasteiger partial charge in [0.1, 0.15) is 24.7 Å². The minimum atomic E-state index is -0.265. The Morgan fingerprint density at radius 1 is 1.50 bits per heavy atom. The van der Waals surface area contributed by atoms with Crippen LogP contribution < -0.4 is 0 Å². The zero-order valence-corrected chi connectivity index (χ0v) is 9.25. The van der Waals surface area contributed by atoms with Crippen molar-refractivity contribution in [1.29, 1.82) is 0 Å². The van der Waals surface area contributed by atoms with Crippen molar-refractivity contribution >= 4 is 5.97 Å². The van der Waals surface area contributed by atoms with Gasteiger partial charge in [-0.25, -0.2) is 0 Å². The quantitative estimate of drug-likeness (QED) is 0.529. The standard InChI is InChI=1S/C12H14O4/c1-3-12(13)16-9-5-11-10(15-7-9)4-8(2)6-14-11/h5H,2-4,6-7H2,1H3. The Morgan fingerprint density at radius 3 is 3.06 bits per heavy atom. The van der Waals surface area contributed by atoms with E-state index < -0.39 is 0 Å². The largest absolute Gasteiger partial charge is 0.486 e. The molecule has 16 heavy (non-hydrogen) atoms. The van der Waals surface area contributed by atoms with Crippen molar-refractivity contribution in [2.75, 3.05) is 13.2 Å². The highest BCUT2D eigenvalue weighted by Gasteiger charge is 2.22. The van der Waals surface area contributed by atoms with Crippen molar-refractivity contribution in [3.63, 3.8) is 0 Å². The number of ether oxygens (including phenoxy) is 3.